The van der Waals surface area contributed by atoms with Crippen LogP contribution in [0.15, 0.2) is 218 Å². The van der Waals surface area contributed by atoms with Gasteiger partial charge in [0.15, 0.2) is 5.78 Å². The number of para-hydroxylation sites is 4. The zero-order valence-electron chi connectivity index (χ0n) is 34.2. The van der Waals surface area contributed by atoms with Gasteiger partial charge in [0, 0.05) is 65.3 Å². The topological polar surface area (TPSA) is 60.0 Å². The zero-order valence-corrected chi connectivity index (χ0v) is 36.6. The van der Waals surface area contributed by atoms with Gasteiger partial charge in [-0.3, -0.25) is 4.79 Å². The number of ketones is 1. The number of fused-ring (bicyclic) bond motifs is 7. The molecule has 0 amide bonds. The molecule has 0 aliphatic heterocycles. The fourth-order valence-electron chi connectivity index (χ4n) is 8.18. The molecule has 6 heteroatoms. The van der Waals surface area contributed by atoms with Gasteiger partial charge in [0.1, 0.15) is 0 Å². The Morgan fingerprint density at radius 3 is 1.29 bits per heavy atom. The van der Waals surface area contributed by atoms with Crippen molar-refractivity contribution in [2.75, 3.05) is 0 Å². The number of hydrogen-bond donors (Lipinski definition) is 1. The Morgan fingerprint density at radius 2 is 0.903 bits per heavy atom. The van der Waals surface area contributed by atoms with Crippen molar-refractivity contribution in [2.45, 2.75) is 13.8 Å². The smallest absolute Gasteiger partial charge is 0.155 e. The monoisotopic (exact) mass is 981 g/mol. The normalized spacial score (nSPS) is 11.2. The van der Waals surface area contributed by atoms with Crippen molar-refractivity contribution < 1.29 is 30.0 Å². The van der Waals surface area contributed by atoms with Crippen molar-refractivity contribution >= 4 is 60.2 Å². The molecule has 0 fully saturated rings. The van der Waals surface area contributed by atoms with Crippen LogP contribution >= 0.6 is 0 Å². The number of aromatic nitrogens is 3. The molecule has 0 atom stereocenters. The maximum absolute atomic E-state index is 10.0. The number of rotatable bonds is 5. The molecule has 0 bridgehead atoms. The molecule has 303 valence electrons. The summed E-state index contributed by atoms with van der Waals surface area (Å²) < 4.78 is 4.72. The number of carbonyl (C=O) groups is 1. The van der Waals surface area contributed by atoms with Crippen molar-refractivity contribution in [3.05, 3.63) is 224 Å². The van der Waals surface area contributed by atoms with Crippen molar-refractivity contribution in [1.82, 2.24) is 14.1 Å². The van der Waals surface area contributed by atoms with Crippen LogP contribution in [-0.2, 0) is 24.9 Å². The van der Waals surface area contributed by atoms with E-state index in [1.807, 2.05) is 48.7 Å². The second kappa shape index (κ2) is 18.5. The third-order valence-corrected chi connectivity index (χ3v) is 10.8. The van der Waals surface area contributed by atoms with Crippen LogP contribution in [0.1, 0.15) is 13.8 Å². The molecular weight excluding hydrogens is 939 g/mol. The number of nitrogens with zero attached hydrogens (tertiary/aromatic N) is 3. The van der Waals surface area contributed by atoms with Gasteiger partial charge in [-0.1, -0.05) is 121 Å². The first-order valence-corrected chi connectivity index (χ1v) is 20.3. The van der Waals surface area contributed by atoms with E-state index in [1.165, 1.54) is 96.8 Å². The number of benzene rings is 8. The van der Waals surface area contributed by atoms with Crippen LogP contribution in [0, 0.1) is 6.07 Å². The van der Waals surface area contributed by atoms with Crippen LogP contribution in [0.3, 0.4) is 0 Å². The second-order valence-electron chi connectivity index (χ2n) is 14.9. The van der Waals surface area contributed by atoms with E-state index >= 15 is 0 Å². The van der Waals surface area contributed by atoms with Crippen molar-refractivity contribution in [3.63, 3.8) is 0 Å². The molecule has 1 radical (unpaired) electrons. The van der Waals surface area contributed by atoms with Gasteiger partial charge in [0.25, 0.3) is 0 Å². The quantitative estimate of drug-likeness (QED) is 0.106. The van der Waals surface area contributed by atoms with Gasteiger partial charge in [0.05, 0.1) is 27.8 Å². The molecule has 0 aliphatic rings. The molecule has 1 N–H and O–H groups in total. The summed E-state index contributed by atoms with van der Waals surface area (Å²) in [4.78, 5) is 14.5. The fraction of sp³-hybridized carbons (Fsp3) is 0.0357. The van der Waals surface area contributed by atoms with E-state index in [2.05, 4.69) is 178 Å². The molecule has 0 saturated carbocycles. The van der Waals surface area contributed by atoms with Gasteiger partial charge >= 0.3 is 0 Å². The first-order valence-electron chi connectivity index (χ1n) is 20.3. The van der Waals surface area contributed by atoms with Crippen LogP contribution in [-0.4, -0.2) is 25.0 Å². The first-order chi connectivity index (χ1) is 29.9. The molecule has 0 spiro atoms. The Balaban J connectivity index is 0.000000182. The van der Waals surface area contributed by atoms with E-state index in [1.54, 1.807) is 0 Å². The molecule has 3 heterocycles. The predicted octanol–water partition coefficient (Wildman–Crippen LogP) is 14.3. The number of aliphatic hydroxyl groups excluding tert-OH is 1. The van der Waals surface area contributed by atoms with E-state index in [0.29, 0.717) is 0 Å². The Morgan fingerprint density at radius 1 is 0.500 bits per heavy atom. The summed E-state index contributed by atoms with van der Waals surface area (Å²) in [6.45, 7) is 2.85. The van der Waals surface area contributed by atoms with Crippen molar-refractivity contribution in [2.24, 2.45) is 0 Å². The SMILES string of the molecule is CC(=O)C=C(C)O.[Ir].[c-]1ccccc1-c1nccc2ccccc12.c1ccc2c(c1)c1ccccc1n2-c1ccc(-c2ccc(-n3c4ccccc4c4ccccc43)cc2)cc1. The minimum atomic E-state index is -0.125. The van der Waals surface area contributed by atoms with Gasteiger partial charge in [-0.2, -0.15) is 0 Å². The van der Waals surface area contributed by atoms with E-state index < -0.39 is 0 Å². The maximum atomic E-state index is 10.0. The van der Waals surface area contributed by atoms with Crippen LogP contribution in [0.25, 0.3) is 88.1 Å². The molecule has 3 aromatic heterocycles. The fourth-order valence-corrected chi connectivity index (χ4v) is 8.18. The average Bonchev–Trinajstić information content (AvgIpc) is 3.82. The molecule has 0 aliphatic carbocycles. The largest absolute Gasteiger partial charge is 0.512 e. The number of hydrogen-bond acceptors (Lipinski definition) is 3. The molecule has 11 aromatic rings. The summed E-state index contributed by atoms with van der Waals surface area (Å²) in [7, 11) is 0. The summed E-state index contributed by atoms with van der Waals surface area (Å²) in [6, 6.07) is 73.9. The molecule has 0 saturated heterocycles. The average molecular weight is 981 g/mol. The van der Waals surface area contributed by atoms with Gasteiger partial charge in [-0.15, -0.1) is 35.9 Å². The minimum absolute atomic E-state index is 0. The Hall–Kier alpha value is -7.37. The van der Waals surface area contributed by atoms with Gasteiger partial charge in [0.2, 0.25) is 0 Å². The number of aliphatic hydroxyl groups is 1. The molecule has 11 rings (SSSR count). The third-order valence-electron chi connectivity index (χ3n) is 10.8. The number of carbonyl (C=O) groups excluding carboxylic acids is 1. The predicted molar refractivity (Wildman–Crippen MR) is 254 cm³/mol. The zero-order chi connectivity index (χ0) is 41.7. The van der Waals surface area contributed by atoms with E-state index in [9.17, 15) is 4.79 Å². The third kappa shape index (κ3) is 8.35. The van der Waals surface area contributed by atoms with Gasteiger partial charge in [-0.05, 0) is 96.0 Å². The molecule has 8 aromatic carbocycles. The molecule has 62 heavy (non-hydrogen) atoms. The maximum Gasteiger partial charge on any atom is 0.155 e. The van der Waals surface area contributed by atoms with Crippen molar-refractivity contribution in [3.8, 4) is 33.8 Å². The first kappa shape index (κ1) is 41.4. The van der Waals surface area contributed by atoms with Crippen molar-refractivity contribution in [1.29, 1.82) is 0 Å². The Kier molecular flexibility index (Phi) is 12.3. The Bertz CT molecular complexity index is 3080. The summed E-state index contributed by atoms with van der Waals surface area (Å²) in [6.07, 6.45) is 3.01. The van der Waals surface area contributed by atoms with Gasteiger partial charge in [-0.25, -0.2) is 0 Å². The van der Waals surface area contributed by atoms with Crippen LogP contribution in [0.2, 0.25) is 0 Å². The molecule has 5 nitrogen and oxygen atoms in total. The standard InChI is InChI=1S/C36H24N2.C15H10N.C5H8O2.Ir/c1-5-13-33-29(9-1)30-10-2-6-14-34(30)37(33)27-21-17-25(18-22-27)26-19-23-28(24-20-26)38-35-15-7-3-11-31(35)32-12-4-8-16-36(32)38;1-2-7-13(8-3-1)15-14-9-5-4-6-12(14)10-11-16-15;1-4(6)3-5(2)7;/h1-24H;1-7,9-11H;3,6H,1-2H3;/q;-1;;. The van der Waals surface area contributed by atoms with E-state index in [4.69, 9.17) is 5.11 Å². The van der Waals surface area contributed by atoms with Crippen LogP contribution < -0.4 is 0 Å². The number of allylic oxidation sites excluding steroid dienone is 2. The molecular formula is C56H42IrN3O2-. The summed E-state index contributed by atoms with van der Waals surface area (Å²) in [5.41, 5.74) is 11.7. The van der Waals surface area contributed by atoms with E-state index in [-0.39, 0.29) is 31.6 Å². The minimum Gasteiger partial charge on any atom is -0.512 e. The van der Waals surface area contributed by atoms with Gasteiger partial charge < -0.3 is 19.2 Å². The van der Waals surface area contributed by atoms with Crippen LogP contribution in [0.5, 0.6) is 0 Å². The molecule has 0 unspecified atom stereocenters. The number of pyridine rings is 1. The summed E-state index contributed by atoms with van der Waals surface area (Å²) in [5, 5.41) is 15.9. The second-order valence-corrected chi connectivity index (χ2v) is 14.9. The van der Waals surface area contributed by atoms with Crippen LogP contribution in [0.4, 0.5) is 0 Å². The Labute approximate surface area is 374 Å². The summed E-state index contributed by atoms with van der Waals surface area (Å²) >= 11 is 0. The summed E-state index contributed by atoms with van der Waals surface area (Å²) in [5.74, 6) is -0.0625. The van der Waals surface area contributed by atoms with E-state index in [0.717, 1.165) is 11.3 Å².